The van der Waals surface area contributed by atoms with E-state index in [1.807, 2.05) is 127 Å². The van der Waals surface area contributed by atoms with Crippen molar-refractivity contribution in [3.8, 4) is 112 Å². The van der Waals surface area contributed by atoms with Crippen LogP contribution in [0, 0.1) is 0 Å². The number of furan rings is 5. The Balaban J connectivity index is 0.000000102. The molecule has 1 aliphatic rings. The van der Waals surface area contributed by atoms with Crippen LogP contribution in [0.15, 0.2) is 459 Å². The summed E-state index contributed by atoms with van der Waals surface area (Å²) in [6, 6.07) is 152. The smallest absolute Gasteiger partial charge is 0.160 e. The molecule has 642 valence electrons. The summed E-state index contributed by atoms with van der Waals surface area (Å²) in [5, 5.41) is 21.3. The Morgan fingerprint density at radius 2 is 0.471 bits per heavy atom. The van der Waals surface area contributed by atoms with Crippen LogP contribution in [0.1, 0.15) is 11.1 Å². The molecule has 0 atom stereocenters. The summed E-state index contributed by atoms with van der Waals surface area (Å²) >= 11 is 0. The van der Waals surface area contributed by atoms with Gasteiger partial charge in [0.1, 0.15) is 55.8 Å². The zero-order chi connectivity index (χ0) is 90.6. The molecule has 0 unspecified atom stereocenters. The Bertz CT molecular complexity index is 10100. The minimum absolute atomic E-state index is 0.663. The molecule has 1 aliphatic carbocycles. The Hall–Kier alpha value is -18.6. The minimum atomic E-state index is 0.663. The van der Waals surface area contributed by atoms with E-state index in [-0.39, 0.29) is 0 Å². The molecule has 0 spiro atoms. The lowest BCUT2D eigenvalue weighted by molar-refractivity contribution is 0.668. The molecule has 0 aliphatic heterocycles. The van der Waals surface area contributed by atoms with E-state index in [9.17, 15) is 0 Å². The van der Waals surface area contributed by atoms with Crippen molar-refractivity contribution in [2.24, 2.45) is 0 Å². The predicted molar refractivity (Wildman–Crippen MR) is 565 cm³/mol. The van der Waals surface area contributed by atoms with E-state index < -0.39 is 0 Å². The van der Waals surface area contributed by atoms with Crippen molar-refractivity contribution in [2.75, 3.05) is 0 Å². The third kappa shape index (κ3) is 13.0. The number of hydrogen-bond donors (Lipinski definition) is 0. The van der Waals surface area contributed by atoms with Crippen LogP contribution >= 0.6 is 0 Å². The zero-order valence-corrected chi connectivity index (χ0v) is 74.0. The molecule has 0 amide bonds. The SMILES string of the molecule is c1cc(-c2ccc(-c3nc(-c4ccc5c(c4)oc4ccccc45)nc4ccccc34)cc2)c2c(c1)ccc1c3ccccc3oc12.c1cc(-c2nc(-c3ccc4c(c3)oc3ccccc34)nc3ccccc23)cc(-c2cccc3ccc4c5ccccc5oc4c23)c1.c1ccc2c(c1)Cc1c-2ccc2cccc(-c3ccc(-c4nc(-c5ccc6c(c5)oc5ccccc56)nc5ccccc45)cc3)c12. The van der Waals surface area contributed by atoms with Gasteiger partial charge < -0.3 is 22.1 Å². The van der Waals surface area contributed by atoms with Crippen LogP contribution in [0.25, 0.3) is 287 Å². The molecule has 30 rings (SSSR count). The third-order valence-electron chi connectivity index (χ3n) is 27.7. The molecule has 0 radical (unpaired) electrons. The number of fused-ring (bicyclic) bond motifs is 27. The Morgan fingerprint density at radius 1 is 0.167 bits per heavy atom. The summed E-state index contributed by atoms with van der Waals surface area (Å²) < 4.78 is 31.5. The average Bonchev–Trinajstić information content (AvgIpc) is 1.51. The fourth-order valence-corrected chi connectivity index (χ4v) is 21.2. The highest BCUT2D eigenvalue weighted by molar-refractivity contribution is 6.21. The molecule has 0 saturated heterocycles. The van der Waals surface area contributed by atoms with Crippen molar-refractivity contribution in [1.82, 2.24) is 29.9 Å². The van der Waals surface area contributed by atoms with Crippen LogP contribution in [0.3, 0.4) is 0 Å². The van der Waals surface area contributed by atoms with Gasteiger partial charge in [0.2, 0.25) is 0 Å². The van der Waals surface area contributed by atoms with E-state index in [0.717, 1.165) is 243 Å². The van der Waals surface area contributed by atoms with E-state index in [4.69, 9.17) is 52.0 Å². The van der Waals surface area contributed by atoms with Crippen LogP contribution in [0.4, 0.5) is 0 Å². The zero-order valence-electron chi connectivity index (χ0n) is 74.0. The number of nitrogens with zero attached hydrogens (tertiary/aromatic N) is 6. The number of aromatic nitrogens is 6. The summed E-state index contributed by atoms with van der Waals surface area (Å²) in [6.07, 6.45) is 0.966. The Labute approximate surface area is 788 Å². The highest BCUT2D eigenvalue weighted by Crippen LogP contribution is 2.48. The number of benzene rings is 21. The van der Waals surface area contributed by atoms with Crippen LogP contribution < -0.4 is 0 Å². The van der Waals surface area contributed by atoms with Crippen molar-refractivity contribution in [3.63, 3.8) is 0 Å². The van der Waals surface area contributed by atoms with Gasteiger partial charge in [-0.25, -0.2) is 29.9 Å². The molecular weight excluding hydrogens is 1690 g/mol. The minimum Gasteiger partial charge on any atom is -0.456 e. The first-order valence-corrected chi connectivity index (χ1v) is 46.5. The van der Waals surface area contributed by atoms with Gasteiger partial charge in [0.15, 0.2) is 17.5 Å². The maximum atomic E-state index is 6.49. The molecule has 8 aromatic heterocycles. The fourth-order valence-electron chi connectivity index (χ4n) is 21.2. The molecule has 138 heavy (non-hydrogen) atoms. The predicted octanol–water partition coefficient (Wildman–Crippen LogP) is 34.4. The third-order valence-corrected chi connectivity index (χ3v) is 27.7. The maximum Gasteiger partial charge on any atom is 0.160 e. The van der Waals surface area contributed by atoms with E-state index >= 15 is 0 Å². The number of rotatable bonds is 9. The molecule has 11 nitrogen and oxygen atoms in total. The summed E-state index contributed by atoms with van der Waals surface area (Å²) in [5.74, 6) is 2.02. The van der Waals surface area contributed by atoms with Gasteiger partial charge in [0.25, 0.3) is 0 Å². The van der Waals surface area contributed by atoms with Gasteiger partial charge in [-0.15, -0.1) is 0 Å². The Morgan fingerprint density at radius 3 is 0.913 bits per heavy atom. The molecule has 0 saturated carbocycles. The van der Waals surface area contributed by atoms with Crippen LogP contribution in [-0.2, 0) is 6.42 Å². The molecular formula is C127H74N6O5. The van der Waals surface area contributed by atoms with Crippen LogP contribution in [0.2, 0.25) is 0 Å². The van der Waals surface area contributed by atoms with E-state index in [2.05, 4.69) is 309 Å². The highest BCUT2D eigenvalue weighted by atomic mass is 16.3. The lowest BCUT2D eigenvalue weighted by Crippen LogP contribution is -1.95. The standard InChI is InChI=1S/C43H26N2O.2C42H24N2O2/c1-2-10-31-29(8-1)24-37-33(31)22-20-27-9-7-13-32(41(27)37)26-16-18-28(19-17-26)42-36-12-3-5-14-38(36)44-43(45-42)30-21-23-35-34-11-4-6-15-39(34)46-40(35)25-30;1-4-16-35-34(14-1)40(44-42(43-35)28-20-21-32-30-12-2-5-17-36(30)45-38(32)24-28)27-11-7-10-26(23-27)29-15-8-9-25-19-22-33-31-13-3-6-18-37(31)46-41(33)39(25)29;1-4-13-35-34(11-1)40(44-42(43-35)28-21-22-32-30-9-2-5-14-36(30)45-38(32)24-28)27-18-16-25(17-19-27)29-12-7-8-26-20-23-33-31-10-3-6-15-37(31)46-41(33)39(26)29/h1-23,25H,24H2;2*1-24H. The van der Waals surface area contributed by atoms with Crippen molar-refractivity contribution >= 4 is 175 Å². The van der Waals surface area contributed by atoms with E-state index in [1.54, 1.807) is 0 Å². The largest absolute Gasteiger partial charge is 0.456 e. The van der Waals surface area contributed by atoms with Crippen LogP contribution in [0.5, 0.6) is 0 Å². The average molecular weight is 1760 g/mol. The quantitative estimate of drug-likeness (QED) is 0.136. The van der Waals surface area contributed by atoms with Gasteiger partial charge in [0, 0.05) is 114 Å². The Kier molecular flexibility index (Phi) is 17.9. The first kappa shape index (κ1) is 78.1. The molecule has 21 aromatic carbocycles. The van der Waals surface area contributed by atoms with Gasteiger partial charge in [-0.3, -0.25) is 0 Å². The van der Waals surface area contributed by atoms with E-state index in [1.165, 1.54) is 44.2 Å². The monoisotopic (exact) mass is 1760 g/mol. The van der Waals surface area contributed by atoms with Crippen molar-refractivity contribution in [1.29, 1.82) is 0 Å². The fraction of sp³-hybridized carbons (Fsp3) is 0.00787. The second-order valence-electron chi connectivity index (χ2n) is 35.6. The first-order chi connectivity index (χ1) is 68.3. The van der Waals surface area contributed by atoms with Gasteiger partial charge in [0.05, 0.1) is 33.6 Å². The van der Waals surface area contributed by atoms with Gasteiger partial charge in [-0.2, -0.15) is 0 Å². The lowest BCUT2D eigenvalue weighted by atomic mass is 9.91. The summed E-state index contributed by atoms with van der Waals surface area (Å²) in [4.78, 5) is 30.5. The summed E-state index contributed by atoms with van der Waals surface area (Å²) in [6.45, 7) is 0. The van der Waals surface area contributed by atoms with Gasteiger partial charge >= 0.3 is 0 Å². The normalized spacial score (nSPS) is 12.0. The van der Waals surface area contributed by atoms with Crippen molar-refractivity contribution < 1.29 is 22.1 Å². The molecule has 0 fully saturated rings. The summed E-state index contributed by atoms with van der Waals surface area (Å²) in [7, 11) is 0. The topological polar surface area (TPSA) is 143 Å². The lowest BCUT2D eigenvalue weighted by Gasteiger charge is -2.13. The number of para-hydroxylation sites is 8. The molecule has 0 N–H and O–H groups in total. The van der Waals surface area contributed by atoms with Gasteiger partial charge in [-0.1, -0.05) is 334 Å². The van der Waals surface area contributed by atoms with Crippen molar-refractivity contribution in [3.05, 3.63) is 448 Å². The van der Waals surface area contributed by atoms with E-state index in [0.29, 0.717) is 17.5 Å². The maximum absolute atomic E-state index is 6.49. The highest BCUT2D eigenvalue weighted by Gasteiger charge is 2.26. The first-order valence-electron chi connectivity index (χ1n) is 46.5. The number of hydrogen-bond acceptors (Lipinski definition) is 11. The summed E-state index contributed by atoms with van der Waals surface area (Å²) in [5.41, 5.74) is 32.6. The molecule has 8 heterocycles. The molecule has 0 bridgehead atoms. The second kappa shape index (κ2) is 31.6. The second-order valence-corrected chi connectivity index (χ2v) is 35.6. The van der Waals surface area contributed by atoms with Crippen LogP contribution in [-0.4, -0.2) is 29.9 Å². The molecule has 29 aromatic rings. The van der Waals surface area contributed by atoms with Crippen molar-refractivity contribution in [2.45, 2.75) is 6.42 Å². The van der Waals surface area contributed by atoms with Gasteiger partial charge in [-0.05, 0) is 187 Å². The molecule has 11 heteroatoms.